The molecular formula is C24H30Cl3N3O5S. The van der Waals surface area contributed by atoms with Gasteiger partial charge in [0, 0.05) is 12.1 Å². The lowest BCUT2D eigenvalue weighted by Crippen LogP contribution is -2.54. The van der Waals surface area contributed by atoms with Crippen LogP contribution >= 0.6 is 34.8 Å². The van der Waals surface area contributed by atoms with Gasteiger partial charge in [0.15, 0.2) is 0 Å². The maximum atomic E-state index is 13.6. The van der Waals surface area contributed by atoms with E-state index in [1.807, 2.05) is 20.8 Å². The fourth-order valence-corrected chi connectivity index (χ4v) is 4.83. The number of hydrogen-bond acceptors (Lipinski definition) is 5. The van der Waals surface area contributed by atoms with E-state index in [2.05, 4.69) is 5.32 Å². The molecule has 0 aliphatic heterocycles. The quantitative estimate of drug-likeness (QED) is 0.433. The van der Waals surface area contributed by atoms with Gasteiger partial charge in [-0.05, 0) is 57.5 Å². The van der Waals surface area contributed by atoms with Crippen molar-refractivity contribution in [3.63, 3.8) is 0 Å². The third-order valence-corrected chi connectivity index (χ3v) is 7.27. The number of hydrogen-bond donors (Lipinski definition) is 1. The van der Waals surface area contributed by atoms with Crippen molar-refractivity contribution in [2.45, 2.75) is 45.8 Å². The first-order valence-corrected chi connectivity index (χ1v) is 13.9. The first-order valence-electron chi connectivity index (χ1n) is 10.9. The summed E-state index contributed by atoms with van der Waals surface area (Å²) in [5.74, 6) is -0.370. The van der Waals surface area contributed by atoms with Crippen molar-refractivity contribution >= 4 is 62.3 Å². The standard InChI is InChI=1S/C24H30Cl3N3O5S/c1-15(23(32)28-24(2,3)4)29(13-16-7-9-17(35-5)10-8-16)22(31)14-30(36(6,33)34)21-12-19(26)18(25)11-20(21)27/h7-12,15H,13-14H2,1-6H3,(H,28,32). The maximum Gasteiger partial charge on any atom is 0.244 e. The monoisotopic (exact) mass is 577 g/mol. The van der Waals surface area contributed by atoms with E-state index in [1.54, 1.807) is 31.2 Å². The minimum Gasteiger partial charge on any atom is -0.497 e. The SMILES string of the molecule is COc1ccc(CN(C(=O)CN(c2cc(Cl)c(Cl)cc2Cl)S(C)(=O)=O)C(C)C(=O)NC(C)(C)C)cc1. The normalized spacial score (nSPS) is 12.6. The molecule has 0 spiro atoms. The molecule has 12 heteroatoms. The highest BCUT2D eigenvalue weighted by atomic mass is 35.5. The average molecular weight is 579 g/mol. The molecule has 0 heterocycles. The van der Waals surface area contributed by atoms with Crippen molar-refractivity contribution in [2.75, 3.05) is 24.2 Å². The summed E-state index contributed by atoms with van der Waals surface area (Å²) >= 11 is 18.3. The number of carbonyl (C=O) groups excluding carboxylic acids is 2. The topological polar surface area (TPSA) is 96.0 Å². The summed E-state index contributed by atoms with van der Waals surface area (Å²) in [5, 5.41) is 3.07. The lowest BCUT2D eigenvalue weighted by Gasteiger charge is -2.33. The van der Waals surface area contributed by atoms with Gasteiger partial charge in [-0.1, -0.05) is 46.9 Å². The van der Waals surface area contributed by atoms with E-state index in [0.29, 0.717) is 5.75 Å². The van der Waals surface area contributed by atoms with Gasteiger partial charge in [0.2, 0.25) is 21.8 Å². The van der Waals surface area contributed by atoms with E-state index in [0.717, 1.165) is 16.1 Å². The number of benzene rings is 2. The highest BCUT2D eigenvalue weighted by molar-refractivity contribution is 7.92. The van der Waals surface area contributed by atoms with Gasteiger partial charge in [-0.3, -0.25) is 13.9 Å². The summed E-state index contributed by atoms with van der Waals surface area (Å²) in [4.78, 5) is 27.9. The van der Waals surface area contributed by atoms with Crippen LogP contribution in [0.5, 0.6) is 5.75 Å². The molecule has 36 heavy (non-hydrogen) atoms. The second-order valence-electron chi connectivity index (χ2n) is 9.27. The Kier molecular flexibility index (Phi) is 9.92. The molecule has 1 unspecified atom stereocenters. The number of anilines is 1. The molecule has 0 radical (unpaired) electrons. The van der Waals surface area contributed by atoms with Crippen molar-refractivity contribution in [3.8, 4) is 5.75 Å². The predicted octanol–water partition coefficient (Wildman–Crippen LogP) is 4.75. The number of methoxy groups -OCH3 is 1. The second-order valence-corrected chi connectivity index (χ2v) is 12.4. The molecule has 198 valence electrons. The van der Waals surface area contributed by atoms with E-state index in [9.17, 15) is 18.0 Å². The van der Waals surface area contributed by atoms with Crippen LogP contribution in [-0.4, -0.2) is 56.6 Å². The summed E-state index contributed by atoms with van der Waals surface area (Å²) in [5.41, 5.74) is 0.183. The number of ether oxygens (including phenoxy) is 1. The van der Waals surface area contributed by atoms with Crippen LogP contribution in [0.15, 0.2) is 36.4 Å². The van der Waals surface area contributed by atoms with Crippen LogP contribution in [0.2, 0.25) is 15.1 Å². The second kappa shape index (κ2) is 11.9. The molecule has 0 aliphatic rings. The van der Waals surface area contributed by atoms with E-state index in [1.165, 1.54) is 24.1 Å². The number of amides is 2. The van der Waals surface area contributed by atoms with Crippen molar-refractivity contribution in [3.05, 3.63) is 57.0 Å². The van der Waals surface area contributed by atoms with Gasteiger partial charge in [-0.2, -0.15) is 0 Å². The molecule has 0 saturated heterocycles. The first-order chi connectivity index (χ1) is 16.5. The number of carbonyl (C=O) groups is 2. The van der Waals surface area contributed by atoms with Gasteiger partial charge in [0.1, 0.15) is 18.3 Å². The lowest BCUT2D eigenvalue weighted by molar-refractivity contribution is -0.140. The van der Waals surface area contributed by atoms with Crippen LogP contribution in [0.1, 0.15) is 33.3 Å². The van der Waals surface area contributed by atoms with Crippen molar-refractivity contribution in [1.82, 2.24) is 10.2 Å². The summed E-state index contributed by atoms with van der Waals surface area (Å²) < 4.78 is 31.4. The minimum atomic E-state index is -3.97. The molecule has 1 atom stereocenters. The highest BCUT2D eigenvalue weighted by Crippen LogP contribution is 2.35. The Morgan fingerprint density at radius 2 is 1.58 bits per heavy atom. The molecule has 0 fully saturated rings. The molecular weight excluding hydrogens is 549 g/mol. The average Bonchev–Trinajstić information content (AvgIpc) is 2.76. The van der Waals surface area contributed by atoms with Gasteiger partial charge in [0.25, 0.3) is 0 Å². The number of sulfonamides is 1. The van der Waals surface area contributed by atoms with E-state index < -0.39 is 34.1 Å². The molecule has 2 amide bonds. The Bertz CT molecular complexity index is 1210. The molecule has 8 nitrogen and oxygen atoms in total. The Morgan fingerprint density at radius 3 is 2.08 bits per heavy atom. The van der Waals surface area contributed by atoms with Crippen molar-refractivity contribution in [1.29, 1.82) is 0 Å². The van der Waals surface area contributed by atoms with Crippen LogP contribution in [0.3, 0.4) is 0 Å². The fraction of sp³-hybridized carbons (Fsp3) is 0.417. The molecule has 0 bridgehead atoms. The van der Waals surface area contributed by atoms with Crippen LogP contribution in [-0.2, 0) is 26.2 Å². The highest BCUT2D eigenvalue weighted by Gasteiger charge is 2.32. The molecule has 1 N–H and O–H groups in total. The van der Waals surface area contributed by atoms with E-state index in [4.69, 9.17) is 39.5 Å². The van der Waals surface area contributed by atoms with Crippen LogP contribution in [0.25, 0.3) is 0 Å². The predicted molar refractivity (Wildman–Crippen MR) is 145 cm³/mol. The molecule has 2 rings (SSSR count). The zero-order chi connectivity index (χ0) is 27.4. The van der Waals surface area contributed by atoms with Gasteiger partial charge >= 0.3 is 0 Å². The molecule has 2 aromatic rings. The molecule has 0 aromatic heterocycles. The number of nitrogens with zero attached hydrogens (tertiary/aromatic N) is 2. The van der Waals surface area contributed by atoms with Gasteiger partial charge in [-0.25, -0.2) is 8.42 Å². The Hall–Kier alpha value is -2.20. The molecule has 0 saturated carbocycles. The van der Waals surface area contributed by atoms with Crippen molar-refractivity contribution in [2.24, 2.45) is 0 Å². The first kappa shape index (κ1) is 30.0. The summed E-state index contributed by atoms with van der Waals surface area (Å²) in [6.07, 6.45) is 0.947. The maximum absolute atomic E-state index is 13.6. The van der Waals surface area contributed by atoms with E-state index in [-0.39, 0.29) is 33.2 Å². The summed E-state index contributed by atoms with van der Waals surface area (Å²) in [7, 11) is -2.43. The Morgan fingerprint density at radius 1 is 1.03 bits per heavy atom. The lowest BCUT2D eigenvalue weighted by atomic mass is 10.1. The molecule has 2 aromatic carbocycles. The third kappa shape index (κ3) is 8.16. The van der Waals surface area contributed by atoms with Gasteiger partial charge in [0.05, 0.1) is 34.1 Å². The van der Waals surface area contributed by atoms with Gasteiger partial charge in [-0.15, -0.1) is 0 Å². The number of halogens is 3. The number of nitrogens with one attached hydrogen (secondary N) is 1. The molecule has 0 aliphatic carbocycles. The fourth-order valence-electron chi connectivity index (χ4n) is 3.28. The summed E-state index contributed by atoms with van der Waals surface area (Å²) in [6, 6.07) is 8.66. The third-order valence-electron chi connectivity index (χ3n) is 5.12. The zero-order valence-electron chi connectivity index (χ0n) is 20.9. The minimum absolute atomic E-state index is 0.00175. The Labute approximate surface area is 227 Å². The van der Waals surface area contributed by atoms with Gasteiger partial charge < -0.3 is 15.0 Å². The van der Waals surface area contributed by atoms with Crippen molar-refractivity contribution < 1.29 is 22.7 Å². The summed E-state index contributed by atoms with van der Waals surface area (Å²) in [6.45, 7) is 6.49. The van der Waals surface area contributed by atoms with Crippen LogP contribution < -0.4 is 14.4 Å². The Balaban J connectivity index is 2.47. The largest absolute Gasteiger partial charge is 0.497 e. The van der Waals surface area contributed by atoms with Crippen LogP contribution in [0, 0.1) is 0 Å². The van der Waals surface area contributed by atoms with E-state index >= 15 is 0 Å². The smallest absolute Gasteiger partial charge is 0.244 e. The van der Waals surface area contributed by atoms with Crippen LogP contribution in [0.4, 0.5) is 5.69 Å². The number of rotatable bonds is 9. The zero-order valence-corrected chi connectivity index (χ0v) is 24.0.